The molecule has 0 aliphatic carbocycles. The average Bonchev–Trinajstić information content (AvgIpc) is 2.49. The Morgan fingerprint density at radius 1 is 1.33 bits per heavy atom. The Balaban J connectivity index is 2.34. The third kappa shape index (κ3) is 1.79. The van der Waals surface area contributed by atoms with E-state index in [0.29, 0.717) is 5.02 Å². The lowest BCUT2D eigenvalue weighted by atomic mass is 10.2. The molecule has 4 heteroatoms. The molecule has 0 atom stereocenters. The molecule has 0 N–H and O–H groups in total. The molecular weight excluding hydrogens is 212 g/mol. The first kappa shape index (κ1) is 10.3. The molecule has 2 rings (SSSR count). The number of anilines is 1. The van der Waals surface area contributed by atoms with Crippen LogP contribution in [0.25, 0.3) is 0 Å². The SMILES string of the molecule is Cc1cc(Cl)ccc1N1CCN(C)C1=O. The second kappa shape index (κ2) is 3.74. The summed E-state index contributed by atoms with van der Waals surface area (Å²) in [6, 6.07) is 5.65. The number of rotatable bonds is 1. The molecule has 0 spiro atoms. The monoisotopic (exact) mass is 224 g/mol. The van der Waals surface area contributed by atoms with E-state index in [1.165, 1.54) is 0 Å². The molecule has 1 fully saturated rings. The van der Waals surface area contributed by atoms with Crippen LogP contribution in [0.4, 0.5) is 10.5 Å². The van der Waals surface area contributed by atoms with Crippen molar-refractivity contribution < 1.29 is 4.79 Å². The normalized spacial score (nSPS) is 16.3. The van der Waals surface area contributed by atoms with Crippen molar-refractivity contribution in [3.8, 4) is 0 Å². The Morgan fingerprint density at radius 2 is 2.07 bits per heavy atom. The minimum Gasteiger partial charge on any atom is -0.326 e. The zero-order valence-electron chi connectivity index (χ0n) is 8.83. The molecular formula is C11H13ClN2O. The van der Waals surface area contributed by atoms with Crippen molar-refractivity contribution in [1.82, 2.24) is 4.90 Å². The minimum atomic E-state index is 0.0559. The topological polar surface area (TPSA) is 23.6 Å². The van der Waals surface area contributed by atoms with Gasteiger partial charge in [0, 0.05) is 30.8 Å². The van der Waals surface area contributed by atoms with Crippen LogP contribution in [-0.4, -0.2) is 31.1 Å². The van der Waals surface area contributed by atoms with Crippen LogP contribution in [0.5, 0.6) is 0 Å². The highest BCUT2D eigenvalue weighted by atomic mass is 35.5. The number of hydrogen-bond acceptors (Lipinski definition) is 1. The first-order valence-corrected chi connectivity index (χ1v) is 5.26. The maximum absolute atomic E-state index is 11.8. The van der Waals surface area contributed by atoms with Gasteiger partial charge in [-0.3, -0.25) is 4.90 Å². The third-order valence-corrected chi connectivity index (χ3v) is 2.90. The molecule has 1 aromatic rings. The molecule has 2 amide bonds. The summed E-state index contributed by atoms with van der Waals surface area (Å²) < 4.78 is 0. The van der Waals surface area contributed by atoms with Crippen molar-refractivity contribution >= 4 is 23.3 Å². The highest BCUT2D eigenvalue weighted by Gasteiger charge is 2.27. The predicted molar refractivity (Wildman–Crippen MR) is 61.6 cm³/mol. The zero-order valence-corrected chi connectivity index (χ0v) is 9.58. The number of hydrogen-bond donors (Lipinski definition) is 0. The van der Waals surface area contributed by atoms with Crippen molar-refractivity contribution in [3.05, 3.63) is 28.8 Å². The molecule has 0 aromatic heterocycles. The van der Waals surface area contributed by atoms with Gasteiger partial charge in [0.15, 0.2) is 0 Å². The first-order chi connectivity index (χ1) is 7.09. The number of aryl methyl sites for hydroxylation is 1. The number of nitrogens with zero attached hydrogens (tertiary/aromatic N) is 2. The van der Waals surface area contributed by atoms with E-state index in [1.54, 1.807) is 9.80 Å². The van der Waals surface area contributed by atoms with Gasteiger partial charge >= 0.3 is 6.03 Å². The lowest BCUT2D eigenvalue weighted by Gasteiger charge is -2.18. The highest BCUT2D eigenvalue weighted by molar-refractivity contribution is 6.30. The van der Waals surface area contributed by atoms with E-state index in [9.17, 15) is 4.79 Å². The second-order valence-electron chi connectivity index (χ2n) is 3.79. The van der Waals surface area contributed by atoms with Crippen LogP contribution in [0.1, 0.15) is 5.56 Å². The largest absolute Gasteiger partial charge is 0.326 e. The van der Waals surface area contributed by atoms with E-state index >= 15 is 0 Å². The van der Waals surface area contributed by atoms with Crippen LogP contribution in [0.15, 0.2) is 18.2 Å². The van der Waals surface area contributed by atoms with E-state index in [2.05, 4.69) is 0 Å². The molecule has 0 radical (unpaired) electrons. The molecule has 1 aliphatic heterocycles. The van der Waals surface area contributed by atoms with E-state index in [-0.39, 0.29) is 6.03 Å². The number of amides is 2. The number of benzene rings is 1. The summed E-state index contributed by atoms with van der Waals surface area (Å²) in [6.07, 6.45) is 0. The number of halogens is 1. The fourth-order valence-corrected chi connectivity index (χ4v) is 2.02. The van der Waals surface area contributed by atoms with Crippen LogP contribution in [-0.2, 0) is 0 Å². The van der Waals surface area contributed by atoms with Crippen LogP contribution in [0.3, 0.4) is 0 Å². The van der Waals surface area contributed by atoms with Gasteiger partial charge in [0.1, 0.15) is 0 Å². The van der Waals surface area contributed by atoms with Crippen LogP contribution >= 0.6 is 11.6 Å². The predicted octanol–water partition coefficient (Wildman–Crippen LogP) is 2.52. The Hall–Kier alpha value is -1.22. The summed E-state index contributed by atoms with van der Waals surface area (Å²) in [5, 5.41) is 0.705. The number of likely N-dealkylation sites (N-methyl/N-ethyl adjacent to an activating group) is 1. The van der Waals surface area contributed by atoms with Gasteiger partial charge in [0.2, 0.25) is 0 Å². The summed E-state index contributed by atoms with van der Waals surface area (Å²) in [7, 11) is 1.81. The number of carbonyl (C=O) groups excluding carboxylic acids is 1. The van der Waals surface area contributed by atoms with Gasteiger partial charge in [-0.2, -0.15) is 0 Å². The van der Waals surface area contributed by atoms with Gasteiger partial charge in [-0.15, -0.1) is 0 Å². The molecule has 0 unspecified atom stereocenters. The van der Waals surface area contributed by atoms with Gasteiger partial charge in [-0.1, -0.05) is 11.6 Å². The molecule has 1 aromatic carbocycles. The zero-order chi connectivity index (χ0) is 11.0. The van der Waals surface area contributed by atoms with E-state index in [1.807, 2.05) is 32.2 Å². The molecule has 3 nitrogen and oxygen atoms in total. The summed E-state index contributed by atoms with van der Waals surface area (Å²) in [5.41, 5.74) is 1.99. The average molecular weight is 225 g/mol. The highest BCUT2D eigenvalue weighted by Crippen LogP contribution is 2.26. The van der Waals surface area contributed by atoms with Crippen molar-refractivity contribution in [1.29, 1.82) is 0 Å². The van der Waals surface area contributed by atoms with Crippen LogP contribution < -0.4 is 4.90 Å². The molecule has 0 bridgehead atoms. The Labute approximate surface area is 94.2 Å². The molecule has 1 saturated heterocycles. The van der Waals surface area contributed by atoms with Gasteiger partial charge in [-0.25, -0.2) is 4.79 Å². The molecule has 80 valence electrons. The summed E-state index contributed by atoms with van der Waals surface area (Å²) >= 11 is 5.87. The van der Waals surface area contributed by atoms with Crippen LogP contribution in [0, 0.1) is 6.92 Å². The molecule has 1 heterocycles. The lowest BCUT2D eigenvalue weighted by Crippen LogP contribution is -2.29. The van der Waals surface area contributed by atoms with Crippen molar-refractivity contribution in [3.63, 3.8) is 0 Å². The van der Waals surface area contributed by atoms with Crippen LogP contribution in [0.2, 0.25) is 5.02 Å². The lowest BCUT2D eigenvalue weighted by molar-refractivity contribution is 0.229. The second-order valence-corrected chi connectivity index (χ2v) is 4.22. The molecule has 0 saturated carbocycles. The minimum absolute atomic E-state index is 0.0559. The Bertz CT molecular complexity index is 406. The van der Waals surface area contributed by atoms with Gasteiger partial charge in [0.05, 0.1) is 0 Å². The summed E-state index contributed by atoms with van der Waals surface area (Å²) in [4.78, 5) is 15.3. The maximum atomic E-state index is 11.8. The fourth-order valence-electron chi connectivity index (χ4n) is 1.79. The van der Waals surface area contributed by atoms with Crippen molar-refractivity contribution in [2.45, 2.75) is 6.92 Å². The molecule has 1 aliphatic rings. The number of carbonyl (C=O) groups is 1. The standard InChI is InChI=1S/C11H13ClN2O/c1-8-7-9(12)3-4-10(8)14-6-5-13(2)11(14)15/h3-4,7H,5-6H2,1-2H3. The third-order valence-electron chi connectivity index (χ3n) is 2.67. The quantitative estimate of drug-likeness (QED) is 0.719. The van der Waals surface area contributed by atoms with E-state index in [0.717, 1.165) is 24.3 Å². The van der Waals surface area contributed by atoms with E-state index < -0.39 is 0 Å². The van der Waals surface area contributed by atoms with Crippen molar-refractivity contribution in [2.75, 3.05) is 25.0 Å². The number of urea groups is 1. The van der Waals surface area contributed by atoms with E-state index in [4.69, 9.17) is 11.6 Å². The Morgan fingerprint density at radius 3 is 2.60 bits per heavy atom. The fraction of sp³-hybridized carbons (Fsp3) is 0.364. The maximum Gasteiger partial charge on any atom is 0.324 e. The molecule has 15 heavy (non-hydrogen) atoms. The summed E-state index contributed by atoms with van der Waals surface area (Å²) in [6.45, 7) is 3.49. The van der Waals surface area contributed by atoms with Gasteiger partial charge in [0.25, 0.3) is 0 Å². The Kier molecular flexibility index (Phi) is 2.57. The van der Waals surface area contributed by atoms with Crippen molar-refractivity contribution in [2.24, 2.45) is 0 Å². The van der Waals surface area contributed by atoms with Gasteiger partial charge < -0.3 is 4.90 Å². The smallest absolute Gasteiger partial charge is 0.324 e. The van der Waals surface area contributed by atoms with Gasteiger partial charge in [-0.05, 0) is 30.7 Å². The first-order valence-electron chi connectivity index (χ1n) is 4.88. The summed E-state index contributed by atoms with van der Waals surface area (Å²) in [5.74, 6) is 0.